The molecule has 2 heterocycles. The Kier molecular flexibility index (Phi) is 5.06. The van der Waals surface area contributed by atoms with E-state index >= 15 is 0 Å². The molecule has 1 saturated heterocycles. The van der Waals surface area contributed by atoms with Crippen LogP contribution in [-0.4, -0.2) is 39.8 Å². The van der Waals surface area contributed by atoms with E-state index in [1.165, 1.54) is 4.90 Å². The topological polar surface area (TPSA) is 75.4 Å². The molecule has 1 aromatic heterocycles. The number of thioether (sulfide) groups is 1. The van der Waals surface area contributed by atoms with Crippen LogP contribution < -0.4 is 5.32 Å². The molecule has 132 valence electrons. The van der Waals surface area contributed by atoms with Crippen molar-refractivity contribution < 1.29 is 14.1 Å². The van der Waals surface area contributed by atoms with Crippen molar-refractivity contribution in [3.8, 4) is 11.3 Å². The number of imide groups is 1. The quantitative estimate of drug-likeness (QED) is 0.613. The van der Waals surface area contributed by atoms with Gasteiger partial charge in [-0.1, -0.05) is 28.9 Å². The van der Waals surface area contributed by atoms with E-state index in [0.29, 0.717) is 23.1 Å². The van der Waals surface area contributed by atoms with Gasteiger partial charge in [-0.15, -0.1) is 0 Å². The minimum absolute atomic E-state index is 0.192. The first-order chi connectivity index (χ1) is 11.9. The van der Waals surface area contributed by atoms with Gasteiger partial charge in [0.25, 0.3) is 5.91 Å². The maximum atomic E-state index is 12.1. The third-order valence-corrected chi connectivity index (χ3v) is 5.06. The second-order valence-electron chi connectivity index (χ2n) is 6.25. The molecular formula is C17H18ClN3O3S. The molecule has 0 unspecified atom stereocenters. The van der Waals surface area contributed by atoms with Gasteiger partial charge in [-0.2, -0.15) is 11.8 Å². The van der Waals surface area contributed by atoms with Gasteiger partial charge in [0.2, 0.25) is 0 Å². The van der Waals surface area contributed by atoms with E-state index in [1.54, 1.807) is 37.7 Å². The zero-order chi connectivity index (χ0) is 18.0. The van der Waals surface area contributed by atoms with Crippen molar-refractivity contribution >= 4 is 35.3 Å². The van der Waals surface area contributed by atoms with Crippen LogP contribution in [0.1, 0.15) is 19.6 Å². The smallest absolute Gasteiger partial charge is 0.325 e. The molecule has 25 heavy (non-hydrogen) atoms. The zero-order valence-corrected chi connectivity index (χ0v) is 15.5. The number of carbonyl (C=O) groups excluding carboxylic acids is 2. The molecule has 0 atom stereocenters. The summed E-state index contributed by atoms with van der Waals surface area (Å²) in [6, 6.07) is 8.93. The molecule has 1 N–H and O–H groups in total. The monoisotopic (exact) mass is 379 g/mol. The first-order valence-electron chi connectivity index (χ1n) is 7.80. The summed E-state index contributed by atoms with van der Waals surface area (Å²) in [5, 5.41) is 7.40. The largest absolute Gasteiger partial charge is 0.360 e. The Morgan fingerprint density at radius 2 is 2.00 bits per heavy atom. The number of rotatable bonds is 6. The van der Waals surface area contributed by atoms with Crippen LogP contribution in [0.4, 0.5) is 4.79 Å². The SMILES string of the molecule is CC1(C)NC(=O)N(CCSCc2cc(-c3ccc(Cl)cc3)no2)C1=O. The third kappa shape index (κ3) is 3.99. The molecule has 0 spiro atoms. The lowest BCUT2D eigenvalue weighted by molar-refractivity contribution is -0.130. The Labute approximate surface area is 154 Å². The van der Waals surface area contributed by atoms with Crippen LogP contribution >= 0.6 is 23.4 Å². The third-order valence-electron chi connectivity index (χ3n) is 3.85. The van der Waals surface area contributed by atoms with E-state index in [0.717, 1.165) is 17.0 Å². The summed E-state index contributed by atoms with van der Waals surface area (Å²) in [4.78, 5) is 25.1. The van der Waals surface area contributed by atoms with Crippen molar-refractivity contribution in [3.63, 3.8) is 0 Å². The standard InChI is InChI=1S/C17H18ClN3O3S/c1-17(2)15(22)21(16(23)19-17)7-8-25-10-13-9-14(20-24-13)11-3-5-12(18)6-4-11/h3-6,9H,7-8,10H2,1-2H3,(H,19,23). The van der Waals surface area contributed by atoms with Crippen LogP contribution in [0, 0.1) is 0 Å². The molecule has 0 saturated carbocycles. The maximum absolute atomic E-state index is 12.1. The number of nitrogens with one attached hydrogen (secondary N) is 1. The molecule has 1 aromatic carbocycles. The molecule has 0 bridgehead atoms. The highest BCUT2D eigenvalue weighted by Gasteiger charge is 2.43. The molecule has 3 amide bonds. The van der Waals surface area contributed by atoms with Gasteiger partial charge in [0, 0.05) is 29.0 Å². The van der Waals surface area contributed by atoms with Crippen LogP contribution in [0.25, 0.3) is 11.3 Å². The molecule has 3 rings (SSSR count). The lowest BCUT2D eigenvalue weighted by Crippen LogP contribution is -2.40. The maximum Gasteiger partial charge on any atom is 0.325 e. The van der Waals surface area contributed by atoms with Crippen molar-refractivity contribution in [3.05, 3.63) is 41.1 Å². The number of amides is 3. The molecule has 2 aromatic rings. The van der Waals surface area contributed by atoms with Crippen molar-refractivity contribution in [2.45, 2.75) is 25.1 Å². The Morgan fingerprint density at radius 3 is 2.64 bits per heavy atom. The number of halogens is 1. The van der Waals surface area contributed by atoms with Crippen LogP contribution in [0.3, 0.4) is 0 Å². The first kappa shape index (κ1) is 17.8. The van der Waals surface area contributed by atoms with Gasteiger partial charge in [0.15, 0.2) is 0 Å². The van der Waals surface area contributed by atoms with Gasteiger partial charge in [0.05, 0.1) is 5.75 Å². The fourth-order valence-corrected chi connectivity index (χ4v) is 3.41. The first-order valence-corrected chi connectivity index (χ1v) is 9.33. The Balaban J connectivity index is 1.49. The van der Waals surface area contributed by atoms with Gasteiger partial charge >= 0.3 is 6.03 Å². The summed E-state index contributed by atoms with van der Waals surface area (Å²) < 4.78 is 5.33. The number of aromatic nitrogens is 1. The molecule has 1 aliphatic rings. The van der Waals surface area contributed by atoms with Crippen LogP contribution in [0.2, 0.25) is 5.02 Å². The number of urea groups is 1. The van der Waals surface area contributed by atoms with E-state index in [2.05, 4.69) is 10.5 Å². The van der Waals surface area contributed by atoms with E-state index in [4.69, 9.17) is 16.1 Å². The van der Waals surface area contributed by atoms with Gasteiger partial charge in [-0.05, 0) is 26.0 Å². The van der Waals surface area contributed by atoms with Crippen LogP contribution in [0.15, 0.2) is 34.9 Å². The Bertz CT molecular complexity index is 789. The zero-order valence-electron chi connectivity index (χ0n) is 13.9. The predicted octanol–water partition coefficient (Wildman–Crippen LogP) is 3.56. The Hall–Kier alpha value is -1.99. The lowest BCUT2D eigenvalue weighted by atomic mass is 10.1. The van der Waals surface area contributed by atoms with Crippen LogP contribution in [0.5, 0.6) is 0 Å². The van der Waals surface area contributed by atoms with Crippen LogP contribution in [-0.2, 0) is 10.5 Å². The molecule has 8 heteroatoms. The van der Waals surface area contributed by atoms with E-state index in [9.17, 15) is 9.59 Å². The van der Waals surface area contributed by atoms with Gasteiger partial charge in [0.1, 0.15) is 17.0 Å². The fraction of sp³-hybridized carbons (Fsp3) is 0.353. The minimum atomic E-state index is -0.819. The van der Waals surface area contributed by atoms with E-state index in [-0.39, 0.29) is 11.9 Å². The number of hydrogen-bond donors (Lipinski definition) is 1. The summed E-state index contributed by atoms with van der Waals surface area (Å²) in [6.07, 6.45) is 0. The van der Waals surface area contributed by atoms with Crippen molar-refractivity contribution in [1.82, 2.24) is 15.4 Å². The Morgan fingerprint density at radius 1 is 1.28 bits per heavy atom. The van der Waals surface area contributed by atoms with Crippen molar-refractivity contribution in [2.75, 3.05) is 12.3 Å². The number of benzene rings is 1. The minimum Gasteiger partial charge on any atom is -0.360 e. The summed E-state index contributed by atoms with van der Waals surface area (Å²) in [7, 11) is 0. The summed E-state index contributed by atoms with van der Waals surface area (Å²) >= 11 is 7.46. The highest BCUT2D eigenvalue weighted by molar-refractivity contribution is 7.98. The molecule has 6 nitrogen and oxygen atoms in total. The average molecular weight is 380 g/mol. The second-order valence-corrected chi connectivity index (χ2v) is 7.79. The molecule has 0 radical (unpaired) electrons. The summed E-state index contributed by atoms with van der Waals surface area (Å²) in [5.41, 5.74) is 0.870. The van der Waals surface area contributed by atoms with E-state index < -0.39 is 5.54 Å². The normalized spacial score (nSPS) is 16.4. The van der Waals surface area contributed by atoms with Crippen molar-refractivity contribution in [2.24, 2.45) is 0 Å². The summed E-state index contributed by atoms with van der Waals surface area (Å²) in [5.74, 6) is 1.80. The predicted molar refractivity (Wildman–Crippen MR) is 97.4 cm³/mol. The number of hydrogen-bond acceptors (Lipinski definition) is 5. The van der Waals surface area contributed by atoms with Gasteiger partial charge in [-0.3, -0.25) is 9.69 Å². The van der Waals surface area contributed by atoms with Crippen molar-refractivity contribution in [1.29, 1.82) is 0 Å². The average Bonchev–Trinajstić information content (AvgIpc) is 3.10. The lowest BCUT2D eigenvalue weighted by Gasteiger charge is -2.15. The fourth-order valence-electron chi connectivity index (χ4n) is 2.49. The molecular weight excluding hydrogens is 362 g/mol. The summed E-state index contributed by atoms with van der Waals surface area (Å²) in [6.45, 7) is 3.78. The molecule has 1 fully saturated rings. The van der Waals surface area contributed by atoms with E-state index in [1.807, 2.05) is 18.2 Å². The van der Waals surface area contributed by atoms with Gasteiger partial charge < -0.3 is 9.84 Å². The molecule has 0 aliphatic carbocycles. The highest BCUT2D eigenvalue weighted by atomic mass is 35.5. The van der Waals surface area contributed by atoms with Gasteiger partial charge in [-0.25, -0.2) is 4.79 Å². The highest BCUT2D eigenvalue weighted by Crippen LogP contribution is 2.23. The second kappa shape index (κ2) is 7.09. The number of nitrogens with zero attached hydrogens (tertiary/aromatic N) is 2. The number of carbonyl (C=O) groups is 2. The molecule has 1 aliphatic heterocycles.